The molecule has 0 aromatic rings. The predicted octanol–water partition coefficient (Wildman–Crippen LogP) is 3.42. The van der Waals surface area contributed by atoms with Gasteiger partial charge in [-0.1, -0.05) is 36.5 Å². The maximum absolute atomic E-state index is 2.42. The Hall–Kier alpha value is -0.0800. The maximum Gasteiger partial charge on any atom is 0.0390 e. The van der Waals surface area contributed by atoms with Gasteiger partial charge in [0.25, 0.3) is 0 Å². The molecule has 14 heavy (non-hydrogen) atoms. The molecule has 0 spiro atoms. The van der Waals surface area contributed by atoms with Crippen molar-refractivity contribution in [2.75, 3.05) is 0 Å². The molecule has 0 bridgehead atoms. The number of hydrogen-bond donors (Lipinski definition) is 0. The summed E-state index contributed by atoms with van der Waals surface area (Å²) >= 11 is 4.34. The molecule has 3 rings (SSSR count). The lowest BCUT2D eigenvalue weighted by molar-refractivity contribution is 0.746. The van der Waals surface area contributed by atoms with E-state index >= 15 is 0 Å². The zero-order chi connectivity index (χ0) is 9.38. The number of allylic oxidation sites excluding steroid dienone is 3. The van der Waals surface area contributed by atoms with Crippen LogP contribution < -0.4 is 0 Å². The standard InChI is InChI=1S/C12H14S2/c1-2-6-10-9(5-1)13-11-7-3-4-8-12(11)14-10/h1-3,5-7,9-12H,4,8H2. The average Bonchev–Trinajstić information content (AvgIpc) is 2.26. The number of thioether (sulfide) groups is 2. The van der Waals surface area contributed by atoms with Gasteiger partial charge in [-0.15, -0.1) is 23.5 Å². The molecule has 3 aliphatic rings. The quantitative estimate of drug-likeness (QED) is 0.576. The number of hydrogen-bond acceptors (Lipinski definition) is 2. The van der Waals surface area contributed by atoms with Gasteiger partial charge in [-0.25, -0.2) is 0 Å². The highest BCUT2D eigenvalue weighted by Crippen LogP contribution is 2.46. The van der Waals surface area contributed by atoms with Crippen LogP contribution in [-0.4, -0.2) is 21.0 Å². The summed E-state index contributed by atoms with van der Waals surface area (Å²) in [6.07, 6.45) is 16.6. The van der Waals surface area contributed by atoms with Crippen molar-refractivity contribution < 1.29 is 0 Å². The zero-order valence-corrected chi connectivity index (χ0v) is 9.64. The summed E-state index contributed by atoms with van der Waals surface area (Å²) in [5.74, 6) is 0. The molecule has 2 aliphatic carbocycles. The van der Waals surface area contributed by atoms with Crippen LogP contribution in [0.25, 0.3) is 0 Å². The normalized spacial score (nSPS) is 44.6. The van der Waals surface area contributed by atoms with Crippen molar-refractivity contribution in [3.8, 4) is 0 Å². The van der Waals surface area contributed by atoms with Crippen molar-refractivity contribution in [1.29, 1.82) is 0 Å². The lowest BCUT2D eigenvalue weighted by atomic mass is 10.1. The third-order valence-corrected chi connectivity index (χ3v) is 6.54. The topological polar surface area (TPSA) is 0 Å². The lowest BCUT2D eigenvalue weighted by Gasteiger charge is -2.39. The van der Waals surface area contributed by atoms with Crippen LogP contribution in [0.3, 0.4) is 0 Å². The first-order valence-electron chi connectivity index (χ1n) is 5.26. The van der Waals surface area contributed by atoms with Crippen molar-refractivity contribution in [2.24, 2.45) is 0 Å². The molecule has 0 aromatic heterocycles. The van der Waals surface area contributed by atoms with E-state index in [2.05, 4.69) is 60.0 Å². The van der Waals surface area contributed by atoms with Crippen molar-refractivity contribution in [2.45, 2.75) is 33.8 Å². The Balaban J connectivity index is 1.81. The first-order chi connectivity index (χ1) is 6.93. The van der Waals surface area contributed by atoms with E-state index in [1.54, 1.807) is 0 Å². The molecule has 1 saturated heterocycles. The summed E-state index contributed by atoms with van der Waals surface area (Å²) in [4.78, 5) is 0. The molecule has 0 nitrogen and oxygen atoms in total. The smallest absolute Gasteiger partial charge is 0.0390 e. The molecule has 1 fully saturated rings. The van der Waals surface area contributed by atoms with E-state index in [1.807, 2.05) is 0 Å². The molecule has 4 atom stereocenters. The largest absolute Gasteiger partial charge is 0.148 e. The Morgan fingerprint density at radius 1 is 0.857 bits per heavy atom. The van der Waals surface area contributed by atoms with E-state index in [0.29, 0.717) is 5.25 Å². The third-order valence-electron chi connectivity index (χ3n) is 2.99. The maximum atomic E-state index is 2.42. The minimum Gasteiger partial charge on any atom is -0.148 e. The second-order valence-corrected chi connectivity index (χ2v) is 6.76. The lowest BCUT2D eigenvalue weighted by Crippen LogP contribution is -2.35. The molecule has 0 N–H and O–H groups in total. The first-order valence-corrected chi connectivity index (χ1v) is 7.14. The third kappa shape index (κ3) is 1.59. The average molecular weight is 222 g/mol. The number of fused-ring (bicyclic) bond motifs is 2. The molecular weight excluding hydrogens is 208 g/mol. The highest BCUT2D eigenvalue weighted by molar-refractivity contribution is 8.08. The molecule has 0 amide bonds. The summed E-state index contributed by atoms with van der Waals surface area (Å²) in [6.45, 7) is 0. The Labute approximate surface area is 93.9 Å². The minimum absolute atomic E-state index is 0.717. The fourth-order valence-electron chi connectivity index (χ4n) is 2.25. The molecule has 2 heteroatoms. The fraction of sp³-hybridized carbons (Fsp3) is 0.500. The zero-order valence-electron chi connectivity index (χ0n) is 8.00. The van der Waals surface area contributed by atoms with Crippen molar-refractivity contribution in [3.63, 3.8) is 0 Å². The molecule has 1 heterocycles. The van der Waals surface area contributed by atoms with Gasteiger partial charge in [-0.3, -0.25) is 0 Å². The van der Waals surface area contributed by atoms with E-state index in [0.717, 1.165) is 15.7 Å². The second kappa shape index (κ2) is 3.82. The van der Waals surface area contributed by atoms with Crippen LogP contribution in [0.1, 0.15) is 12.8 Å². The predicted molar refractivity (Wildman–Crippen MR) is 67.0 cm³/mol. The second-order valence-electron chi connectivity index (χ2n) is 3.98. The Kier molecular flexibility index (Phi) is 2.50. The Morgan fingerprint density at radius 2 is 1.64 bits per heavy atom. The van der Waals surface area contributed by atoms with Gasteiger partial charge in [0.05, 0.1) is 0 Å². The van der Waals surface area contributed by atoms with Gasteiger partial charge in [0.15, 0.2) is 0 Å². The van der Waals surface area contributed by atoms with E-state index in [-0.39, 0.29) is 0 Å². The Bertz CT molecular complexity index is 303. The summed E-state index contributed by atoms with van der Waals surface area (Å²) in [7, 11) is 0. The summed E-state index contributed by atoms with van der Waals surface area (Å²) in [6, 6.07) is 0. The highest BCUT2D eigenvalue weighted by atomic mass is 32.2. The molecule has 0 radical (unpaired) electrons. The van der Waals surface area contributed by atoms with Crippen molar-refractivity contribution >= 4 is 23.5 Å². The van der Waals surface area contributed by atoms with E-state index in [9.17, 15) is 0 Å². The van der Waals surface area contributed by atoms with Crippen molar-refractivity contribution in [1.82, 2.24) is 0 Å². The van der Waals surface area contributed by atoms with Crippen LogP contribution in [0.15, 0.2) is 36.5 Å². The van der Waals surface area contributed by atoms with Crippen LogP contribution in [-0.2, 0) is 0 Å². The highest BCUT2D eigenvalue weighted by Gasteiger charge is 2.35. The molecule has 74 valence electrons. The Morgan fingerprint density at radius 3 is 2.50 bits per heavy atom. The van der Waals surface area contributed by atoms with Gasteiger partial charge in [0.2, 0.25) is 0 Å². The molecule has 0 saturated carbocycles. The summed E-state index contributed by atoms with van der Waals surface area (Å²) in [5.41, 5.74) is 0. The SMILES string of the molecule is C1=CC2SC3C=CCCC3SC2C=C1. The molecular formula is C12H14S2. The van der Waals surface area contributed by atoms with E-state index in [1.165, 1.54) is 12.8 Å². The first kappa shape index (κ1) is 9.17. The van der Waals surface area contributed by atoms with Gasteiger partial charge >= 0.3 is 0 Å². The minimum atomic E-state index is 0.717. The monoisotopic (exact) mass is 222 g/mol. The molecule has 0 aromatic carbocycles. The number of rotatable bonds is 0. The molecule has 4 unspecified atom stereocenters. The van der Waals surface area contributed by atoms with Crippen molar-refractivity contribution in [3.05, 3.63) is 36.5 Å². The van der Waals surface area contributed by atoms with Gasteiger partial charge in [0.1, 0.15) is 0 Å². The molecule has 1 aliphatic heterocycles. The van der Waals surface area contributed by atoms with Crippen LogP contribution >= 0.6 is 23.5 Å². The van der Waals surface area contributed by atoms with Crippen LogP contribution in [0, 0.1) is 0 Å². The van der Waals surface area contributed by atoms with E-state index in [4.69, 9.17) is 0 Å². The summed E-state index contributed by atoms with van der Waals surface area (Å²) in [5, 5.41) is 3.08. The van der Waals surface area contributed by atoms with Gasteiger partial charge in [-0.05, 0) is 12.8 Å². The summed E-state index contributed by atoms with van der Waals surface area (Å²) < 4.78 is 0. The van der Waals surface area contributed by atoms with Gasteiger partial charge in [-0.2, -0.15) is 0 Å². The van der Waals surface area contributed by atoms with Crippen LogP contribution in [0.4, 0.5) is 0 Å². The van der Waals surface area contributed by atoms with Crippen LogP contribution in [0.2, 0.25) is 0 Å². The van der Waals surface area contributed by atoms with E-state index < -0.39 is 0 Å². The van der Waals surface area contributed by atoms with Crippen LogP contribution in [0.5, 0.6) is 0 Å². The van der Waals surface area contributed by atoms with Gasteiger partial charge < -0.3 is 0 Å². The fourth-order valence-corrected chi connectivity index (χ4v) is 5.67. The van der Waals surface area contributed by atoms with Gasteiger partial charge in [0, 0.05) is 21.0 Å².